The minimum absolute atomic E-state index is 0.911. The van der Waals surface area contributed by atoms with Crippen molar-refractivity contribution in [1.82, 2.24) is 9.97 Å². The summed E-state index contributed by atoms with van der Waals surface area (Å²) in [5, 5.41) is -2.73. The molecule has 8 heteroatoms. The Balaban J connectivity index is 0.000000224. The second kappa shape index (κ2) is 7.49. The Morgan fingerprint density at radius 1 is 0.545 bits per heavy atom. The van der Waals surface area contributed by atoms with E-state index in [4.69, 9.17) is 34.8 Å². The van der Waals surface area contributed by atoms with Gasteiger partial charge in [0.05, 0.1) is 22.8 Å². The number of nitrogens with zero attached hydrogens (tertiary/aromatic N) is 2. The van der Waals surface area contributed by atoms with Crippen molar-refractivity contribution in [2.75, 3.05) is 0 Å². The SMILES string of the molecule is Cc1nc(C)c(C)nc1C.Fc1c(Cl)c(F)c(Cl)c(F)c1Cl. The summed E-state index contributed by atoms with van der Waals surface area (Å²) in [7, 11) is 0. The normalized spacial score (nSPS) is 10.3. The molecule has 0 N–H and O–H groups in total. The number of aryl methyl sites for hydroxylation is 4. The van der Waals surface area contributed by atoms with Crippen LogP contribution in [-0.2, 0) is 0 Å². The molecule has 2 nitrogen and oxygen atoms in total. The molecule has 0 aliphatic heterocycles. The molecule has 2 aromatic rings. The van der Waals surface area contributed by atoms with Crippen LogP contribution in [0.25, 0.3) is 0 Å². The van der Waals surface area contributed by atoms with Crippen LogP contribution < -0.4 is 0 Å². The van der Waals surface area contributed by atoms with Crippen LogP contribution in [0, 0.1) is 45.1 Å². The molecule has 0 aliphatic carbocycles. The molecule has 1 aromatic carbocycles. The van der Waals surface area contributed by atoms with Gasteiger partial charge in [-0.1, -0.05) is 34.8 Å². The molecule has 2 rings (SSSR count). The van der Waals surface area contributed by atoms with Crippen LogP contribution in [0.2, 0.25) is 15.1 Å². The van der Waals surface area contributed by atoms with Gasteiger partial charge in [0.25, 0.3) is 0 Å². The monoisotopic (exact) mass is 370 g/mol. The van der Waals surface area contributed by atoms with Gasteiger partial charge in [0.15, 0.2) is 17.5 Å². The van der Waals surface area contributed by atoms with Gasteiger partial charge in [0.2, 0.25) is 0 Å². The number of rotatable bonds is 0. The lowest BCUT2D eigenvalue weighted by Crippen LogP contribution is -1.97. The molecule has 0 bridgehead atoms. The molecule has 0 spiro atoms. The Morgan fingerprint density at radius 3 is 0.909 bits per heavy atom. The van der Waals surface area contributed by atoms with Gasteiger partial charge in [-0.3, -0.25) is 9.97 Å². The first-order chi connectivity index (χ1) is 10.1. The Kier molecular flexibility index (Phi) is 6.47. The van der Waals surface area contributed by atoms with Crippen LogP contribution >= 0.6 is 34.8 Å². The summed E-state index contributed by atoms with van der Waals surface area (Å²) in [6.07, 6.45) is 0. The molecule has 1 heterocycles. The molecule has 0 aliphatic rings. The summed E-state index contributed by atoms with van der Waals surface area (Å²) in [4.78, 5) is 8.62. The smallest absolute Gasteiger partial charge is 0.166 e. The lowest BCUT2D eigenvalue weighted by atomic mass is 10.3. The maximum Gasteiger partial charge on any atom is 0.166 e. The highest BCUT2D eigenvalue weighted by atomic mass is 35.5. The van der Waals surface area contributed by atoms with Crippen LogP contribution in [0.1, 0.15) is 22.8 Å². The van der Waals surface area contributed by atoms with E-state index in [9.17, 15) is 13.2 Å². The third-order valence-electron chi connectivity index (χ3n) is 2.87. The number of halogens is 6. The van der Waals surface area contributed by atoms with E-state index in [0.29, 0.717) is 0 Å². The van der Waals surface area contributed by atoms with Crippen molar-refractivity contribution in [2.24, 2.45) is 0 Å². The van der Waals surface area contributed by atoms with Gasteiger partial charge < -0.3 is 0 Å². The summed E-state index contributed by atoms with van der Waals surface area (Å²) < 4.78 is 37.9. The van der Waals surface area contributed by atoms with Crippen LogP contribution in [0.4, 0.5) is 13.2 Å². The van der Waals surface area contributed by atoms with Gasteiger partial charge in [-0.2, -0.15) is 0 Å². The second-order valence-corrected chi connectivity index (χ2v) is 5.58. The fourth-order valence-electron chi connectivity index (χ4n) is 1.40. The lowest BCUT2D eigenvalue weighted by molar-refractivity contribution is 0.545. The Bertz CT molecular complexity index is 566. The zero-order chi connectivity index (χ0) is 17.2. The molecule has 1 aromatic heterocycles. The molecule has 0 saturated heterocycles. The van der Waals surface area contributed by atoms with Gasteiger partial charge in [-0.25, -0.2) is 13.2 Å². The van der Waals surface area contributed by atoms with Crippen molar-refractivity contribution in [3.63, 3.8) is 0 Å². The Morgan fingerprint density at radius 2 is 0.727 bits per heavy atom. The minimum Gasteiger partial charge on any atom is -0.255 e. The molecule has 0 fully saturated rings. The quantitative estimate of drug-likeness (QED) is 0.434. The number of hydrogen-bond donors (Lipinski definition) is 0. The van der Waals surface area contributed by atoms with Crippen molar-refractivity contribution in [3.8, 4) is 0 Å². The highest BCUT2D eigenvalue weighted by molar-refractivity contribution is 6.38. The van der Waals surface area contributed by atoms with Crippen LogP contribution in [-0.4, -0.2) is 9.97 Å². The summed E-state index contributed by atoms with van der Waals surface area (Å²) in [5.41, 5.74) is 4.12. The summed E-state index contributed by atoms with van der Waals surface area (Å²) >= 11 is 15.2. The molecule has 0 unspecified atom stereocenters. The minimum atomic E-state index is -1.35. The van der Waals surface area contributed by atoms with Crippen LogP contribution in [0.5, 0.6) is 0 Å². The van der Waals surface area contributed by atoms with Crippen molar-refractivity contribution in [2.45, 2.75) is 27.7 Å². The zero-order valence-electron chi connectivity index (χ0n) is 12.2. The fraction of sp³-hybridized carbons (Fsp3) is 0.286. The largest absolute Gasteiger partial charge is 0.255 e. The van der Waals surface area contributed by atoms with Gasteiger partial charge in [-0.05, 0) is 27.7 Å². The highest BCUT2D eigenvalue weighted by Crippen LogP contribution is 2.34. The first-order valence-electron chi connectivity index (χ1n) is 6.03. The predicted octanol–water partition coefficient (Wildman–Crippen LogP) is 5.77. The Labute approximate surface area is 141 Å². The van der Waals surface area contributed by atoms with E-state index in [2.05, 4.69) is 9.97 Å². The molecule has 0 radical (unpaired) electrons. The van der Waals surface area contributed by atoms with E-state index in [0.717, 1.165) is 22.8 Å². The van der Waals surface area contributed by atoms with E-state index in [-0.39, 0.29) is 0 Å². The number of benzene rings is 1. The Hall–Kier alpha value is -1.04. The topological polar surface area (TPSA) is 25.8 Å². The number of hydrogen-bond acceptors (Lipinski definition) is 2. The summed E-state index contributed by atoms with van der Waals surface area (Å²) in [5.74, 6) is -4.05. The first-order valence-corrected chi connectivity index (χ1v) is 7.16. The lowest BCUT2D eigenvalue weighted by Gasteiger charge is -2.02. The molecular weight excluding hydrogens is 360 g/mol. The average molecular weight is 372 g/mol. The standard InChI is InChI=1S/C8H12N2.C6Cl3F3/c1-5-6(2)10-8(4)7(3)9-5;7-1-4(10)2(8)6(12)3(9)5(1)11/h1-4H3;. The van der Waals surface area contributed by atoms with Crippen molar-refractivity contribution >= 4 is 34.8 Å². The van der Waals surface area contributed by atoms with E-state index in [1.54, 1.807) is 0 Å². The fourth-order valence-corrected chi connectivity index (χ4v) is 2.12. The predicted molar refractivity (Wildman–Crippen MR) is 82.3 cm³/mol. The first kappa shape index (κ1) is 19.0. The third kappa shape index (κ3) is 4.03. The highest BCUT2D eigenvalue weighted by Gasteiger charge is 2.21. The van der Waals surface area contributed by atoms with E-state index >= 15 is 0 Å². The van der Waals surface area contributed by atoms with Crippen LogP contribution in [0.3, 0.4) is 0 Å². The van der Waals surface area contributed by atoms with Gasteiger partial charge in [0, 0.05) is 0 Å². The molecule has 120 valence electrons. The van der Waals surface area contributed by atoms with E-state index in [1.807, 2.05) is 27.7 Å². The van der Waals surface area contributed by atoms with Crippen molar-refractivity contribution in [1.29, 1.82) is 0 Å². The molecular formula is C14H12Cl3F3N2. The maximum absolute atomic E-state index is 12.6. The summed E-state index contributed by atoms with van der Waals surface area (Å²) in [6.45, 7) is 7.92. The summed E-state index contributed by atoms with van der Waals surface area (Å²) in [6, 6.07) is 0. The molecule has 0 saturated carbocycles. The second-order valence-electron chi connectivity index (χ2n) is 4.45. The van der Waals surface area contributed by atoms with Crippen molar-refractivity contribution in [3.05, 3.63) is 55.3 Å². The van der Waals surface area contributed by atoms with E-state index in [1.165, 1.54) is 0 Å². The van der Waals surface area contributed by atoms with E-state index < -0.39 is 32.5 Å². The average Bonchev–Trinajstić information content (AvgIpc) is 2.48. The van der Waals surface area contributed by atoms with Crippen LogP contribution in [0.15, 0.2) is 0 Å². The van der Waals surface area contributed by atoms with Gasteiger partial charge >= 0.3 is 0 Å². The molecule has 0 amide bonds. The molecule has 22 heavy (non-hydrogen) atoms. The van der Waals surface area contributed by atoms with Crippen molar-refractivity contribution < 1.29 is 13.2 Å². The van der Waals surface area contributed by atoms with Gasteiger partial charge in [0.1, 0.15) is 15.1 Å². The molecule has 0 atom stereocenters. The number of aromatic nitrogens is 2. The maximum atomic E-state index is 12.6. The zero-order valence-corrected chi connectivity index (χ0v) is 14.4. The third-order valence-corrected chi connectivity index (χ3v) is 3.87. The van der Waals surface area contributed by atoms with Gasteiger partial charge in [-0.15, -0.1) is 0 Å².